The zero-order valence-corrected chi connectivity index (χ0v) is 30.0. The van der Waals surface area contributed by atoms with Crippen molar-refractivity contribution in [3.63, 3.8) is 0 Å². The fraction of sp³-hybridized carbons (Fsp3) is 0.0189. The number of benzene rings is 8. The molecule has 55 heavy (non-hydrogen) atoms. The summed E-state index contributed by atoms with van der Waals surface area (Å²) >= 11 is 0. The maximum absolute atomic E-state index is 5.08. The van der Waals surface area contributed by atoms with Gasteiger partial charge in [-0.05, 0) is 85.0 Å². The second-order valence-electron chi connectivity index (χ2n) is 14.5. The quantitative estimate of drug-likeness (QED) is 0.179. The minimum Gasteiger partial charge on any atom is -0.228 e. The molecular formula is C53H34N2. The number of nitrogens with zero attached hydrogens (tertiary/aromatic N) is 2. The fourth-order valence-electron chi connectivity index (χ4n) is 9.06. The molecule has 2 aliphatic carbocycles. The van der Waals surface area contributed by atoms with Crippen LogP contribution in [0.2, 0.25) is 0 Å². The molecule has 2 nitrogen and oxygen atoms in total. The van der Waals surface area contributed by atoms with E-state index >= 15 is 0 Å². The zero-order valence-electron chi connectivity index (χ0n) is 30.0. The third-order valence-electron chi connectivity index (χ3n) is 11.5. The van der Waals surface area contributed by atoms with E-state index in [-0.39, 0.29) is 5.41 Å². The highest BCUT2D eigenvalue weighted by molar-refractivity contribution is 5.96. The SMILES string of the molecule is c1ccc(-c2cc(-c3cccc(-c4ccc(-c5ccc6c(c5)C5(c7ccccc7-c7ccccc75)c5ccccc5-6)cc4)c3)nc(-c3ccccc3)n2)cc1. The highest BCUT2D eigenvalue weighted by Gasteiger charge is 2.51. The maximum atomic E-state index is 5.08. The largest absolute Gasteiger partial charge is 0.228 e. The summed E-state index contributed by atoms with van der Waals surface area (Å²) in [6.07, 6.45) is 0. The van der Waals surface area contributed by atoms with E-state index in [0.717, 1.165) is 45.0 Å². The minimum absolute atomic E-state index is 0.350. The first-order valence-electron chi connectivity index (χ1n) is 18.9. The van der Waals surface area contributed by atoms with E-state index < -0.39 is 0 Å². The first-order valence-corrected chi connectivity index (χ1v) is 18.9. The smallest absolute Gasteiger partial charge is 0.160 e. The van der Waals surface area contributed by atoms with Crippen LogP contribution in [0.5, 0.6) is 0 Å². The van der Waals surface area contributed by atoms with Crippen LogP contribution < -0.4 is 0 Å². The van der Waals surface area contributed by atoms with Gasteiger partial charge >= 0.3 is 0 Å². The van der Waals surface area contributed by atoms with E-state index in [9.17, 15) is 0 Å². The third kappa shape index (κ3) is 4.89. The predicted molar refractivity (Wildman–Crippen MR) is 226 cm³/mol. The molecule has 11 rings (SSSR count). The molecule has 1 heterocycles. The zero-order chi connectivity index (χ0) is 36.3. The molecule has 0 bridgehead atoms. The number of aromatic nitrogens is 2. The van der Waals surface area contributed by atoms with Crippen molar-refractivity contribution in [2.75, 3.05) is 0 Å². The standard InChI is InChI=1S/C53H34N2/c1-3-14-37(15-4-1)50-34-51(55-52(54-50)38-16-5-2-6-17-38)41-19-13-18-39(32-41)35-26-28-36(29-27-35)40-30-31-45-44-22-9-12-25-48(44)53(49(45)33-40)46-23-10-7-20-42(46)43-21-8-11-24-47(43)53/h1-34H. The summed E-state index contributed by atoms with van der Waals surface area (Å²) in [6.45, 7) is 0. The Morgan fingerprint density at radius 2 is 0.673 bits per heavy atom. The summed E-state index contributed by atoms with van der Waals surface area (Å²) in [6, 6.07) is 74.4. The molecule has 8 aromatic carbocycles. The summed E-state index contributed by atoms with van der Waals surface area (Å²) in [5, 5.41) is 0. The molecule has 0 aliphatic heterocycles. The molecular weight excluding hydrogens is 665 g/mol. The molecule has 0 saturated carbocycles. The van der Waals surface area contributed by atoms with Crippen molar-refractivity contribution in [1.82, 2.24) is 9.97 Å². The number of rotatable bonds is 5. The van der Waals surface area contributed by atoms with Crippen molar-refractivity contribution in [1.29, 1.82) is 0 Å². The molecule has 0 atom stereocenters. The third-order valence-corrected chi connectivity index (χ3v) is 11.5. The van der Waals surface area contributed by atoms with Gasteiger partial charge in [0.05, 0.1) is 16.8 Å². The average Bonchev–Trinajstić information content (AvgIpc) is 3.74. The molecule has 9 aromatic rings. The number of hydrogen-bond donors (Lipinski definition) is 0. The molecule has 0 fully saturated rings. The Balaban J connectivity index is 0.982. The van der Waals surface area contributed by atoms with Crippen molar-refractivity contribution < 1.29 is 0 Å². The van der Waals surface area contributed by atoms with Crippen LogP contribution in [0.15, 0.2) is 206 Å². The van der Waals surface area contributed by atoms with Crippen LogP contribution in [0.3, 0.4) is 0 Å². The fourth-order valence-corrected chi connectivity index (χ4v) is 9.06. The Morgan fingerprint density at radius 1 is 0.255 bits per heavy atom. The van der Waals surface area contributed by atoms with Gasteiger partial charge in [-0.15, -0.1) is 0 Å². The molecule has 0 saturated heterocycles. The lowest BCUT2D eigenvalue weighted by molar-refractivity contribution is 0.794. The highest BCUT2D eigenvalue weighted by atomic mass is 14.9. The molecule has 0 N–H and O–H groups in total. The second kappa shape index (κ2) is 12.5. The Hall–Kier alpha value is -7.16. The maximum Gasteiger partial charge on any atom is 0.160 e. The van der Waals surface area contributed by atoms with Crippen LogP contribution in [-0.2, 0) is 5.41 Å². The van der Waals surface area contributed by atoms with Gasteiger partial charge in [-0.2, -0.15) is 0 Å². The van der Waals surface area contributed by atoms with Crippen molar-refractivity contribution in [3.8, 4) is 78.4 Å². The van der Waals surface area contributed by atoms with Gasteiger partial charge in [0, 0.05) is 16.7 Å². The number of fused-ring (bicyclic) bond motifs is 10. The van der Waals surface area contributed by atoms with Crippen LogP contribution in [0.25, 0.3) is 78.4 Å². The van der Waals surface area contributed by atoms with E-state index in [4.69, 9.17) is 9.97 Å². The molecule has 2 heteroatoms. The Labute approximate surface area is 321 Å². The lowest BCUT2D eigenvalue weighted by Gasteiger charge is -2.30. The topological polar surface area (TPSA) is 25.8 Å². The molecule has 0 amide bonds. The van der Waals surface area contributed by atoms with Gasteiger partial charge in [0.15, 0.2) is 5.82 Å². The summed E-state index contributed by atoms with van der Waals surface area (Å²) in [5.74, 6) is 0.718. The van der Waals surface area contributed by atoms with Gasteiger partial charge in [0.1, 0.15) is 0 Å². The molecule has 2 aliphatic rings. The number of hydrogen-bond acceptors (Lipinski definition) is 2. The molecule has 0 unspecified atom stereocenters. The van der Waals surface area contributed by atoms with E-state index in [2.05, 4.69) is 182 Å². The summed E-state index contributed by atoms with van der Waals surface area (Å²) < 4.78 is 0. The van der Waals surface area contributed by atoms with Crippen molar-refractivity contribution >= 4 is 0 Å². The second-order valence-corrected chi connectivity index (χ2v) is 14.5. The molecule has 0 radical (unpaired) electrons. The van der Waals surface area contributed by atoms with Crippen LogP contribution in [0.4, 0.5) is 0 Å². The van der Waals surface area contributed by atoms with E-state index in [1.54, 1.807) is 0 Å². The van der Waals surface area contributed by atoms with Gasteiger partial charge in [-0.3, -0.25) is 0 Å². The monoisotopic (exact) mass is 698 g/mol. The predicted octanol–water partition coefficient (Wildman–Crippen LogP) is 13.2. The first kappa shape index (κ1) is 31.4. The van der Waals surface area contributed by atoms with Crippen LogP contribution >= 0.6 is 0 Å². The van der Waals surface area contributed by atoms with Gasteiger partial charge in [-0.1, -0.05) is 188 Å². The highest BCUT2D eigenvalue weighted by Crippen LogP contribution is 2.63. The molecule has 1 aromatic heterocycles. The molecule has 256 valence electrons. The van der Waals surface area contributed by atoms with E-state index in [0.29, 0.717) is 0 Å². The van der Waals surface area contributed by atoms with Gasteiger partial charge in [0.2, 0.25) is 0 Å². The summed E-state index contributed by atoms with van der Waals surface area (Å²) in [7, 11) is 0. The summed E-state index contributed by atoms with van der Waals surface area (Å²) in [5.41, 5.74) is 20.0. The van der Waals surface area contributed by atoms with Crippen LogP contribution in [-0.4, -0.2) is 9.97 Å². The normalized spacial score (nSPS) is 12.9. The lowest BCUT2D eigenvalue weighted by atomic mass is 9.70. The van der Waals surface area contributed by atoms with E-state index in [1.165, 1.54) is 55.6 Å². The van der Waals surface area contributed by atoms with Crippen LogP contribution in [0.1, 0.15) is 22.3 Å². The van der Waals surface area contributed by atoms with Crippen LogP contribution in [0, 0.1) is 0 Å². The Kier molecular flexibility index (Phi) is 7.11. The van der Waals surface area contributed by atoms with Crippen molar-refractivity contribution in [2.45, 2.75) is 5.41 Å². The lowest BCUT2D eigenvalue weighted by Crippen LogP contribution is -2.25. The first-order chi connectivity index (χ1) is 27.3. The van der Waals surface area contributed by atoms with Gasteiger partial charge < -0.3 is 0 Å². The Bertz CT molecular complexity index is 2790. The average molecular weight is 699 g/mol. The molecule has 1 spiro atoms. The van der Waals surface area contributed by atoms with Crippen molar-refractivity contribution in [2.24, 2.45) is 0 Å². The van der Waals surface area contributed by atoms with Gasteiger partial charge in [0.25, 0.3) is 0 Å². The minimum atomic E-state index is -0.350. The van der Waals surface area contributed by atoms with Gasteiger partial charge in [-0.25, -0.2) is 9.97 Å². The Morgan fingerprint density at radius 3 is 1.25 bits per heavy atom. The summed E-state index contributed by atoms with van der Waals surface area (Å²) in [4.78, 5) is 10.1. The van der Waals surface area contributed by atoms with E-state index in [1.807, 2.05) is 24.3 Å². The van der Waals surface area contributed by atoms with Crippen molar-refractivity contribution in [3.05, 3.63) is 229 Å².